The van der Waals surface area contributed by atoms with Gasteiger partial charge in [-0.05, 0) is 12.1 Å². The molecule has 1 aliphatic carbocycles. The largest absolute Gasteiger partial charge is 0.506 e. The fraction of sp³-hybridized carbons (Fsp3) is 0. The molecule has 0 spiro atoms. The zero-order chi connectivity index (χ0) is 13.7. The molecule has 4 nitrogen and oxygen atoms in total. The number of benzene rings is 1. The first-order chi connectivity index (χ1) is 9.02. The van der Waals surface area contributed by atoms with Crippen LogP contribution in [0.15, 0.2) is 24.5 Å². The number of nitrogens with zero attached hydrogens (tertiary/aromatic N) is 1. The molecule has 6 heteroatoms. The molecule has 0 unspecified atom stereocenters. The summed E-state index contributed by atoms with van der Waals surface area (Å²) in [4.78, 5) is 27.7. The average Bonchev–Trinajstić information content (AvgIpc) is 2.38. The normalized spacial score (nSPS) is 13.2. The van der Waals surface area contributed by atoms with Gasteiger partial charge in [-0.15, -0.1) is 0 Å². The van der Waals surface area contributed by atoms with Gasteiger partial charge < -0.3 is 5.11 Å². The fourth-order valence-corrected chi connectivity index (χ4v) is 2.12. The van der Waals surface area contributed by atoms with Gasteiger partial charge in [0.25, 0.3) is 0 Å². The van der Waals surface area contributed by atoms with E-state index < -0.39 is 40.1 Å². The fourth-order valence-electron chi connectivity index (χ4n) is 2.12. The van der Waals surface area contributed by atoms with Crippen LogP contribution in [0, 0.1) is 11.6 Å². The molecular formula is C13H5F2NO3. The predicted octanol–water partition coefficient (Wildman–Crippen LogP) is 1.84. The van der Waals surface area contributed by atoms with Crippen LogP contribution in [0.4, 0.5) is 8.78 Å². The summed E-state index contributed by atoms with van der Waals surface area (Å²) in [7, 11) is 0. The van der Waals surface area contributed by atoms with E-state index in [0.717, 1.165) is 24.5 Å². The third kappa shape index (κ3) is 1.40. The Labute approximate surface area is 105 Å². The summed E-state index contributed by atoms with van der Waals surface area (Å²) in [5, 5.41) is 9.58. The second-order valence-electron chi connectivity index (χ2n) is 4.02. The molecule has 2 aromatic rings. The summed E-state index contributed by atoms with van der Waals surface area (Å²) >= 11 is 0. The van der Waals surface area contributed by atoms with Gasteiger partial charge in [-0.1, -0.05) is 0 Å². The number of pyridine rings is 1. The monoisotopic (exact) mass is 261 g/mol. The number of fused-ring (bicyclic) bond motifs is 2. The molecule has 1 aliphatic rings. The number of carbonyl (C=O) groups is 2. The molecule has 94 valence electrons. The molecule has 1 aromatic carbocycles. The summed E-state index contributed by atoms with van der Waals surface area (Å²) in [6.07, 6.45) is 2.01. The van der Waals surface area contributed by atoms with E-state index in [1.165, 1.54) is 0 Å². The first-order valence-corrected chi connectivity index (χ1v) is 5.26. The Balaban J connectivity index is 2.43. The molecule has 0 saturated carbocycles. The number of carbonyl (C=O) groups excluding carboxylic acids is 2. The Bertz CT molecular complexity index is 756. The second-order valence-corrected chi connectivity index (χ2v) is 4.02. The Morgan fingerprint density at radius 1 is 0.895 bits per heavy atom. The van der Waals surface area contributed by atoms with E-state index in [1.807, 2.05) is 0 Å². The van der Waals surface area contributed by atoms with E-state index in [1.54, 1.807) is 0 Å². The molecule has 1 heterocycles. The molecule has 0 aliphatic heterocycles. The Hall–Kier alpha value is -2.63. The predicted molar refractivity (Wildman–Crippen MR) is 59.1 cm³/mol. The summed E-state index contributed by atoms with van der Waals surface area (Å²) in [6.45, 7) is 0. The molecule has 0 radical (unpaired) electrons. The smallest absolute Gasteiger partial charge is 0.201 e. The molecular weight excluding hydrogens is 256 g/mol. The highest BCUT2D eigenvalue weighted by atomic mass is 19.1. The minimum Gasteiger partial charge on any atom is -0.506 e. The molecule has 0 amide bonds. The average molecular weight is 261 g/mol. The van der Waals surface area contributed by atoms with Gasteiger partial charge in [0, 0.05) is 6.20 Å². The molecule has 0 saturated heterocycles. The van der Waals surface area contributed by atoms with Crippen LogP contribution in [-0.4, -0.2) is 21.7 Å². The molecule has 0 fully saturated rings. The van der Waals surface area contributed by atoms with Crippen LogP contribution in [0.2, 0.25) is 0 Å². The molecule has 19 heavy (non-hydrogen) atoms. The van der Waals surface area contributed by atoms with Crippen molar-refractivity contribution in [3.63, 3.8) is 0 Å². The molecule has 0 atom stereocenters. The van der Waals surface area contributed by atoms with E-state index >= 15 is 0 Å². The van der Waals surface area contributed by atoms with E-state index in [0.29, 0.717) is 0 Å². The van der Waals surface area contributed by atoms with Crippen molar-refractivity contribution in [2.75, 3.05) is 0 Å². The maximum absolute atomic E-state index is 13.7. The van der Waals surface area contributed by atoms with Gasteiger partial charge in [0.05, 0.1) is 28.5 Å². The lowest BCUT2D eigenvalue weighted by molar-refractivity contribution is 0.0969. The van der Waals surface area contributed by atoms with Crippen LogP contribution in [-0.2, 0) is 0 Å². The molecule has 1 N–H and O–H groups in total. The Kier molecular flexibility index (Phi) is 2.22. The second kappa shape index (κ2) is 3.68. The third-order valence-electron chi connectivity index (χ3n) is 2.96. The summed E-state index contributed by atoms with van der Waals surface area (Å²) < 4.78 is 27.3. The number of ketones is 2. The van der Waals surface area contributed by atoms with Crippen LogP contribution < -0.4 is 0 Å². The lowest BCUT2D eigenvalue weighted by Crippen LogP contribution is -2.24. The van der Waals surface area contributed by atoms with Crippen molar-refractivity contribution in [3.05, 3.63) is 58.4 Å². The maximum Gasteiger partial charge on any atom is 0.201 e. The summed E-state index contributed by atoms with van der Waals surface area (Å²) in [5.41, 5.74) is -1.86. The number of rotatable bonds is 0. The lowest BCUT2D eigenvalue weighted by atomic mass is 9.84. The van der Waals surface area contributed by atoms with Gasteiger partial charge >= 0.3 is 0 Å². The van der Waals surface area contributed by atoms with E-state index in [9.17, 15) is 23.5 Å². The SMILES string of the molecule is O=C1c2cncc(O)c2C(=O)c2c(F)ccc(F)c21. The summed E-state index contributed by atoms with van der Waals surface area (Å²) in [6, 6.07) is 1.54. The highest BCUT2D eigenvalue weighted by molar-refractivity contribution is 6.29. The zero-order valence-corrected chi connectivity index (χ0v) is 9.28. The highest BCUT2D eigenvalue weighted by Gasteiger charge is 2.36. The highest BCUT2D eigenvalue weighted by Crippen LogP contribution is 2.33. The van der Waals surface area contributed by atoms with Crippen molar-refractivity contribution in [3.8, 4) is 5.75 Å². The summed E-state index contributed by atoms with van der Waals surface area (Å²) in [5.74, 6) is -4.32. The van der Waals surface area contributed by atoms with Crippen LogP contribution in [0.1, 0.15) is 31.8 Å². The van der Waals surface area contributed by atoms with Gasteiger partial charge in [-0.25, -0.2) is 8.78 Å². The lowest BCUT2D eigenvalue weighted by Gasteiger charge is -2.18. The van der Waals surface area contributed by atoms with Gasteiger partial charge in [-0.2, -0.15) is 0 Å². The first kappa shape index (κ1) is 11.5. The van der Waals surface area contributed by atoms with Crippen molar-refractivity contribution in [2.45, 2.75) is 0 Å². The molecule has 0 bridgehead atoms. The number of hydrogen-bond donors (Lipinski definition) is 1. The van der Waals surface area contributed by atoms with Crippen molar-refractivity contribution in [1.29, 1.82) is 0 Å². The van der Waals surface area contributed by atoms with Crippen LogP contribution >= 0.6 is 0 Å². The zero-order valence-electron chi connectivity index (χ0n) is 9.28. The van der Waals surface area contributed by atoms with Gasteiger partial charge in [0.2, 0.25) is 5.78 Å². The number of aromatic nitrogens is 1. The van der Waals surface area contributed by atoms with Crippen LogP contribution in [0.25, 0.3) is 0 Å². The van der Waals surface area contributed by atoms with Crippen LogP contribution in [0.5, 0.6) is 5.75 Å². The Morgan fingerprint density at radius 3 is 2.11 bits per heavy atom. The molecule has 1 aromatic heterocycles. The minimum absolute atomic E-state index is 0.234. The maximum atomic E-state index is 13.7. The van der Waals surface area contributed by atoms with Crippen molar-refractivity contribution in [1.82, 2.24) is 4.98 Å². The Morgan fingerprint density at radius 2 is 1.47 bits per heavy atom. The van der Waals surface area contributed by atoms with E-state index in [-0.39, 0.29) is 11.1 Å². The van der Waals surface area contributed by atoms with Gasteiger partial charge in [-0.3, -0.25) is 14.6 Å². The quantitative estimate of drug-likeness (QED) is 0.670. The number of halogens is 2. The first-order valence-electron chi connectivity index (χ1n) is 5.26. The number of hydrogen-bond acceptors (Lipinski definition) is 4. The van der Waals surface area contributed by atoms with Gasteiger partial charge in [0.1, 0.15) is 17.4 Å². The standard InChI is InChI=1S/C13H5F2NO3/c14-6-1-2-7(15)11-10(6)12(18)5-3-16-4-8(17)9(5)13(11)19/h1-4,17H. The van der Waals surface area contributed by atoms with Crippen molar-refractivity contribution >= 4 is 11.6 Å². The molecule has 3 rings (SSSR count). The third-order valence-corrected chi connectivity index (χ3v) is 2.96. The minimum atomic E-state index is -1.00. The van der Waals surface area contributed by atoms with Gasteiger partial charge in [0.15, 0.2) is 5.78 Å². The van der Waals surface area contributed by atoms with Crippen molar-refractivity contribution in [2.24, 2.45) is 0 Å². The topological polar surface area (TPSA) is 67.3 Å². The van der Waals surface area contributed by atoms with Crippen molar-refractivity contribution < 1.29 is 23.5 Å². The van der Waals surface area contributed by atoms with E-state index in [4.69, 9.17) is 0 Å². The van der Waals surface area contributed by atoms with Crippen LogP contribution in [0.3, 0.4) is 0 Å². The number of aromatic hydroxyl groups is 1. The van der Waals surface area contributed by atoms with E-state index in [2.05, 4.69) is 4.98 Å².